The molecule has 0 heterocycles. The Balaban J connectivity index is 3.20. The number of aromatic hydroxyl groups is 1. The summed E-state index contributed by atoms with van der Waals surface area (Å²) < 4.78 is 12.9. The van der Waals surface area contributed by atoms with Gasteiger partial charge in [-0.2, -0.15) is 0 Å². The Kier molecular flexibility index (Phi) is 2.69. The van der Waals surface area contributed by atoms with Crippen LogP contribution in [0.2, 0.25) is 0 Å². The third-order valence-corrected chi connectivity index (χ3v) is 1.77. The van der Waals surface area contributed by atoms with Crippen LogP contribution in [0.15, 0.2) is 12.1 Å². The summed E-state index contributed by atoms with van der Waals surface area (Å²) >= 11 is 0. The van der Waals surface area contributed by atoms with Crippen LogP contribution in [-0.4, -0.2) is 11.7 Å². The van der Waals surface area contributed by atoms with Crippen LogP contribution in [0.25, 0.3) is 0 Å². The second-order valence-corrected chi connectivity index (χ2v) is 2.78. The van der Waals surface area contributed by atoms with Crippen LogP contribution in [0, 0.1) is 5.82 Å². The van der Waals surface area contributed by atoms with Gasteiger partial charge in [0.25, 0.3) is 0 Å². The van der Waals surface area contributed by atoms with E-state index in [4.69, 9.17) is 17.2 Å². The van der Waals surface area contributed by atoms with Gasteiger partial charge in [0.05, 0.1) is 0 Å². The molecule has 5 heteroatoms. The SMILES string of the molecule is NC[C@H](N)c1cc(N)cc(F)c1O. The summed E-state index contributed by atoms with van der Waals surface area (Å²) in [6.07, 6.45) is 0. The summed E-state index contributed by atoms with van der Waals surface area (Å²) in [5.41, 5.74) is 16.6. The minimum atomic E-state index is -0.779. The van der Waals surface area contributed by atoms with Gasteiger partial charge in [-0.1, -0.05) is 0 Å². The topological polar surface area (TPSA) is 98.3 Å². The molecule has 0 aliphatic heterocycles. The Morgan fingerprint density at radius 2 is 2.08 bits per heavy atom. The second-order valence-electron chi connectivity index (χ2n) is 2.78. The molecule has 1 aromatic carbocycles. The predicted molar refractivity (Wildman–Crippen MR) is 48.5 cm³/mol. The Bertz CT molecular complexity index is 317. The summed E-state index contributed by atoms with van der Waals surface area (Å²) in [4.78, 5) is 0. The highest BCUT2D eigenvalue weighted by molar-refractivity contribution is 5.49. The van der Waals surface area contributed by atoms with Crippen LogP contribution in [0.4, 0.5) is 10.1 Å². The molecular formula is C8H12FN3O. The van der Waals surface area contributed by atoms with Crippen LogP contribution in [-0.2, 0) is 0 Å². The van der Waals surface area contributed by atoms with E-state index in [2.05, 4.69) is 0 Å². The van der Waals surface area contributed by atoms with Gasteiger partial charge in [0.1, 0.15) is 0 Å². The first-order chi connectivity index (χ1) is 6.06. The summed E-state index contributed by atoms with van der Waals surface area (Å²) in [5.74, 6) is -1.26. The molecule has 0 amide bonds. The molecule has 0 spiro atoms. The van der Waals surface area contributed by atoms with E-state index in [1.165, 1.54) is 6.07 Å². The Morgan fingerprint density at radius 3 is 2.62 bits per heavy atom. The van der Waals surface area contributed by atoms with Crippen molar-refractivity contribution in [3.05, 3.63) is 23.5 Å². The van der Waals surface area contributed by atoms with Gasteiger partial charge in [0.15, 0.2) is 11.6 Å². The number of phenolic OH excluding ortho intramolecular Hbond substituents is 1. The Morgan fingerprint density at radius 1 is 1.46 bits per heavy atom. The minimum absolute atomic E-state index is 0.121. The minimum Gasteiger partial charge on any atom is -0.505 e. The predicted octanol–water partition coefficient (Wildman–Crippen LogP) is 0.0720. The van der Waals surface area contributed by atoms with E-state index < -0.39 is 17.6 Å². The number of benzene rings is 1. The van der Waals surface area contributed by atoms with Crippen LogP contribution >= 0.6 is 0 Å². The van der Waals surface area contributed by atoms with Crippen LogP contribution in [0.5, 0.6) is 5.75 Å². The van der Waals surface area contributed by atoms with E-state index in [1.54, 1.807) is 0 Å². The molecule has 0 saturated heterocycles. The number of anilines is 1. The second kappa shape index (κ2) is 3.59. The number of rotatable bonds is 2. The highest BCUT2D eigenvalue weighted by atomic mass is 19.1. The Hall–Kier alpha value is -1.33. The molecule has 7 N–H and O–H groups in total. The van der Waals surface area contributed by atoms with Crippen molar-refractivity contribution >= 4 is 5.69 Å². The van der Waals surface area contributed by atoms with E-state index in [9.17, 15) is 9.50 Å². The highest BCUT2D eigenvalue weighted by Crippen LogP contribution is 2.27. The van der Waals surface area contributed by atoms with Crippen molar-refractivity contribution in [2.75, 3.05) is 12.3 Å². The van der Waals surface area contributed by atoms with Gasteiger partial charge in [0.2, 0.25) is 0 Å². The number of halogens is 1. The van der Waals surface area contributed by atoms with Crippen LogP contribution in [0.1, 0.15) is 11.6 Å². The van der Waals surface area contributed by atoms with Crippen molar-refractivity contribution < 1.29 is 9.50 Å². The molecule has 1 atom stereocenters. The summed E-state index contributed by atoms with van der Waals surface area (Å²) in [5, 5.41) is 9.26. The lowest BCUT2D eigenvalue weighted by Crippen LogP contribution is -2.21. The summed E-state index contributed by atoms with van der Waals surface area (Å²) in [6.45, 7) is 0.121. The van der Waals surface area contributed by atoms with Gasteiger partial charge in [-0.3, -0.25) is 0 Å². The number of phenols is 1. The molecule has 4 nitrogen and oxygen atoms in total. The van der Waals surface area contributed by atoms with Gasteiger partial charge in [-0.05, 0) is 6.07 Å². The van der Waals surface area contributed by atoms with Gasteiger partial charge in [-0.25, -0.2) is 4.39 Å². The van der Waals surface area contributed by atoms with Gasteiger partial charge in [0, 0.05) is 29.9 Å². The largest absolute Gasteiger partial charge is 0.505 e. The molecule has 1 aromatic rings. The molecule has 13 heavy (non-hydrogen) atoms. The molecule has 1 rings (SSSR count). The maximum Gasteiger partial charge on any atom is 0.167 e. The first-order valence-electron chi connectivity index (χ1n) is 3.79. The van der Waals surface area contributed by atoms with E-state index >= 15 is 0 Å². The zero-order chi connectivity index (χ0) is 10.0. The fourth-order valence-corrected chi connectivity index (χ4v) is 1.05. The van der Waals surface area contributed by atoms with Crippen molar-refractivity contribution in [1.82, 2.24) is 0 Å². The average molecular weight is 185 g/mol. The van der Waals surface area contributed by atoms with Crippen molar-refractivity contribution in [2.45, 2.75) is 6.04 Å². The zero-order valence-corrected chi connectivity index (χ0v) is 7.00. The number of nitrogens with two attached hydrogens (primary N) is 3. The van der Waals surface area contributed by atoms with E-state index in [0.717, 1.165) is 6.07 Å². The quantitative estimate of drug-likeness (QED) is 0.387. The van der Waals surface area contributed by atoms with Crippen LogP contribution in [0.3, 0.4) is 0 Å². The smallest absolute Gasteiger partial charge is 0.167 e. The van der Waals surface area contributed by atoms with Crippen molar-refractivity contribution in [1.29, 1.82) is 0 Å². The number of hydrogen-bond donors (Lipinski definition) is 4. The fourth-order valence-electron chi connectivity index (χ4n) is 1.05. The molecule has 72 valence electrons. The fraction of sp³-hybridized carbons (Fsp3) is 0.250. The molecule has 0 aliphatic rings. The summed E-state index contributed by atoms with van der Waals surface area (Å²) in [6, 6.07) is 1.84. The first kappa shape index (κ1) is 9.76. The monoisotopic (exact) mass is 185 g/mol. The molecule has 0 unspecified atom stereocenters. The van der Waals surface area contributed by atoms with Crippen molar-refractivity contribution in [2.24, 2.45) is 11.5 Å². The van der Waals surface area contributed by atoms with Gasteiger partial charge < -0.3 is 22.3 Å². The molecule has 0 fully saturated rings. The summed E-state index contributed by atoms with van der Waals surface area (Å²) in [7, 11) is 0. The Labute approximate surface area is 75.1 Å². The molecule has 0 bridgehead atoms. The maximum absolute atomic E-state index is 12.9. The molecule has 0 radical (unpaired) electrons. The van der Waals surface area contributed by atoms with Crippen molar-refractivity contribution in [3.8, 4) is 5.75 Å². The molecule has 0 saturated carbocycles. The third kappa shape index (κ3) is 1.88. The van der Waals surface area contributed by atoms with E-state index in [-0.39, 0.29) is 17.8 Å². The molecular weight excluding hydrogens is 173 g/mol. The maximum atomic E-state index is 12.9. The lowest BCUT2D eigenvalue weighted by Gasteiger charge is -2.12. The van der Waals surface area contributed by atoms with E-state index in [0.29, 0.717) is 0 Å². The average Bonchev–Trinajstić information content (AvgIpc) is 2.10. The normalized spacial score (nSPS) is 12.8. The molecule has 0 aliphatic carbocycles. The standard InChI is InChI=1S/C8H12FN3O/c9-6-2-4(11)1-5(8(6)13)7(12)3-10/h1-2,7,13H,3,10-12H2/t7-/m0/s1. The lowest BCUT2D eigenvalue weighted by atomic mass is 10.1. The highest BCUT2D eigenvalue weighted by Gasteiger charge is 2.13. The number of hydrogen-bond acceptors (Lipinski definition) is 4. The van der Waals surface area contributed by atoms with Crippen molar-refractivity contribution in [3.63, 3.8) is 0 Å². The number of nitrogen functional groups attached to an aromatic ring is 1. The van der Waals surface area contributed by atoms with Crippen LogP contribution < -0.4 is 17.2 Å². The van der Waals surface area contributed by atoms with Gasteiger partial charge >= 0.3 is 0 Å². The zero-order valence-electron chi connectivity index (χ0n) is 7.00. The lowest BCUT2D eigenvalue weighted by molar-refractivity contribution is 0.421. The molecule has 0 aromatic heterocycles. The third-order valence-electron chi connectivity index (χ3n) is 1.77. The first-order valence-corrected chi connectivity index (χ1v) is 3.79. The van der Waals surface area contributed by atoms with Gasteiger partial charge in [-0.15, -0.1) is 0 Å². The van der Waals surface area contributed by atoms with E-state index in [1.807, 2.05) is 0 Å².